The van der Waals surface area contributed by atoms with Crippen molar-refractivity contribution in [3.8, 4) is 28.8 Å². The Labute approximate surface area is 195 Å². The van der Waals surface area contributed by atoms with Crippen LogP contribution in [0.3, 0.4) is 0 Å². The predicted molar refractivity (Wildman–Crippen MR) is 123 cm³/mol. The fourth-order valence-corrected chi connectivity index (χ4v) is 4.29. The van der Waals surface area contributed by atoms with Crippen LogP contribution in [0.4, 0.5) is 0 Å². The number of amides is 1. The van der Waals surface area contributed by atoms with Gasteiger partial charge in [0.2, 0.25) is 11.8 Å². The Balaban J connectivity index is 1.38. The summed E-state index contributed by atoms with van der Waals surface area (Å²) >= 11 is 6.27. The third-order valence-electron chi connectivity index (χ3n) is 5.84. The lowest BCUT2D eigenvalue weighted by atomic mass is 10.0. The minimum Gasteiger partial charge on any atom is -0.497 e. The average Bonchev–Trinajstić information content (AvgIpc) is 3.44. The van der Waals surface area contributed by atoms with E-state index in [-0.39, 0.29) is 5.91 Å². The Kier molecular flexibility index (Phi) is 5.60. The molecule has 168 valence electrons. The molecule has 2 aromatic heterocycles. The number of hydrogen-bond donors (Lipinski definition) is 0. The molecule has 3 heterocycles. The summed E-state index contributed by atoms with van der Waals surface area (Å²) in [5.74, 6) is 1.47. The molecule has 0 fully saturated rings. The van der Waals surface area contributed by atoms with Gasteiger partial charge in [0.15, 0.2) is 5.69 Å². The number of rotatable bonds is 5. The van der Waals surface area contributed by atoms with E-state index < -0.39 is 0 Å². The fraction of sp³-hybridized carbons (Fsp3) is 0.250. The van der Waals surface area contributed by atoms with Gasteiger partial charge < -0.3 is 14.1 Å². The molecule has 2 aromatic carbocycles. The summed E-state index contributed by atoms with van der Waals surface area (Å²) in [5, 5.41) is 13.5. The molecule has 8 nitrogen and oxygen atoms in total. The van der Waals surface area contributed by atoms with Crippen LogP contribution >= 0.6 is 11.6 Å². The minimum absolute atomic E-state index is 0.0582. The SMILES string of the molecule is COc1ccc(CC(=O)N2CCc3c(c(-c4nnc(-c5ccccc5Cl)o4)nn3C)C2)cc1. The Bertz CT molecular complexity index is 1310. The molecule has 0 radical (unpaired) electrons. The highest BCUT2D eigenvalue weighted by Gasteiger charge is 2.29. The Morgan fingerprint density at radius 2 is 1.88 bits per heavy atom. The number of fused-ring (bicyclic) bond motifs is 1. The Morgan fingerprint density at radius 1 is 1.12 bits per heavy atom. The largest absolute Gasteiger partial charge is 0.497 e. The monoisotopic (exact) mass is 463 g/mol. The molecule has 4 aromatic rings. The second-order valence-corrected chi connectivity index (χ2v) is 8.29. The van der Waals surface area contributed by atoms with Gasteiger partial charge in [-0.15, -0.1) is 10.2 Å². The quantitative estimate of drug-likeness (QED) is 0.446. The highest BCUT2D eigenvalue weighted by molar-refractivity contribution is 6.33. The van der Waals surface area contributed by atoms with Gasteiger partial charge in [0.25, 0.3) is 5.89 Å². The molecule has 0 aliphatic carbocycles. The highest BCUT2D eigenvalue weighted by Crippen LogP contribution is 2.32. The molecule has 0 saturated carbocycles. The van der Waals surface area contributed by atoms with Gasteiger partial charge in [-0.2, -0.15) is 5.10 Å². The third-order valence-corrected chi connectivity index (χ3v) is 6.17. The standard InChI is InChI=1S/C24H22ClN5O3/c1-29-20-11-12-30(21(31)13-15-7-9-16(32-2)10-8-15)14-18(20)22(28-29)24-27-26-23(33-24)17-5-3-4-6-19(17)25/h3-10H,11-14H2,1-2H3. The number of halogens is 1. The molecule has 1 aliphatic heterocycles. The van der Waals surface area contributed by atoms with Crippen molar-refractivity contribution in [1.29, 1.82) is 0 Å². The lowest BCUT2D eigenvalue weighted by Gasteiger charge is -2.27. The molecule has 1 amide bonds. The van der Waals surface area contributed by atoms with E-state index in [1.54, 1.807) is 13.2 Å². The predicted octanol–water partition coefficient (Wildman–Crippen LogP) is 3.93. The first-order valence-corrected chi connectivity index (χ1v) is 11.0. The molecule has 5 rings (SSSR count). The van der Waals surface area contributed by atoms with Crippen molar-refractivity contribution in [2.75, 3.05) is 13.7 Å². The summed E-state index contributed by atoms with van der Waals surface area (Å²) in [6.45, 7) is 1.08. The van der Waals surface area contributed by atoms with E-state index in [2.05, 4.69) is 15.3 Å². The lowest BCUT2D eigenvalue weighted by Crippen LogP contribution is -2.37. The second-order valence-electron chi connectivity index (χ2n) is 7.88. The number of carbonyl (C=O) groups excluding carboxylic acids is 1. The fourth-order valence-electron chi connectivity index (χ4n) is 4.07. The number of hydrogen-bond acceptors (Lipinski definition) is 6. The zero-order chi connectivity index (χ0) is 22.9. The molecule has 1 aliphatic rings. The van der Waals surface area contributed by atoms with Crippen LogP contribution in [-0.2, 0) is 31.2 Å². The maximum Gasteiger partial charge on any atom is 0.268 e. The molecule has 0 bridgehead atoms. The van der Waals surface area contributed by atoms with Crippen LogP contribution in [0.25, 0.3) is 23.0 Å². The smallest absolute Gasteiger partial charge is 0.268 e. The molecule has 0 spiro atoms. The topological polar surface area (TPSA) is 86.3 Å². The number of nitrogens with zero attached hydrogens (tertiary/aromatic N) is 5. The summed E-state index contributed by atoms with van der Waals surface area (Å²) < 4.78 is 13.0. The zero-order valence-electron chi connectivity index (χ0n) is 18.3. The number of aromatic nitrogens is 4. The van der Waals surface area contributed by atoms with E-state index in [1.807, 2.05) is 59.1 Å². The van der Waals surface area contributed by atoms with Crippen molar-refractivity contribution in [2.45, 2.75) is 19.4 Å². The van der Waals surface area contributed by atoms with Gasteiger partial charge in [-0.05, 0) is 29.8 Å². The number of benzene rings is 2. The highest BCUT2D eigenvalue weighted by atomic mass is 35.5. The van der Waals surface area contributed by atoms with Gasteiger partial charge >= 0.3 is 0 Å². The summed E-state index contributed by atoms with van der Waals surface area (Å²) in [6.07, 6.45) is 1.03. The second kappa shape index (κ2) is 8.71. The molecular formula is C24H22ClN5O3. The van der Waals surface area contributed by atoms with Crippen molar-refractivity contribution in [1.82, 2.24) is 24.9 Å². The number of carbonyl (C=O) groups is 1. The molecule has 0 atom stereocenters. The van der Waals surface area contributed by atoms with Gasteiger partial charge in [-0.3, -0.25) is 9.48 Å². The van der Waals surface area contributed by atoms with Crippen LogP contribution in [0.5, 0.6) is 5.75 Å². The van der Waals surface area contributed by atoms with Crippen LogP contribution in [-0.4, -0.2) is 44.4 Å². The van der Waals surface area contributed by atoms with E-state index in [0.29, 0.717) is 54.0 Å². The molecule has 9 heteroatoms. The maximum absolute atomic E-state index is 13.0. The van der Waals surface area contributed by atoms with Crippen molar-refractivity contribution in [2.24, 2.45) is 7.05 Å². The Morgan fingerprint density at radius 3 is 2.64 bits per heavy atom. The number of methoxy groups -OCH3 is 1. The van der Waals surface area contributed by atoms with E-state index in [9.17, 15) is 4.79 Å². The number of aryl methyl sites for hydroxylation is 1. The van der Waals surface area contributed by atoms with Crippen molar-refractivity contribution < 1.29 is 13.9 Å². The van der Waals surface area contributed by atoms with Crippen molar-refractivity contribution >= 4 is 17.5 Å². The van der Waals surface area contributed by atoms with Gasteiger partial charge in [0, 0.05) is 37.8 Å². The summed E-state index contributed by atoms with van der Waals surface area (Å²) in [5.41, 5.74) is 4.20. The molecule has 33 heavy (non-hydrogen) atoms. The summed E-state index contributed by atoms with van der Waals surface area (Å²) in [6, 6.07) is 14.9. The first kappa shape index (κ1) is 21.2. The van der Waals surface area contributed by atoms with Crippen LogP contribution in [0.1, 0.15) is 16.8 Å². The molecule has 0 unspecified atom stereocenters. The molecule has 0 N–H and O–H groups in total. The lowest BCUT2D eigenvalue weighted by molar-refractivity contribution is -0.131. The third kappa shape index (κ3) is 4.09. The van der Waals surface area contributed by atoms with E-state index in [4.69, 9.17) is 20.8 Å². The average molecular weight is 464 g/mol. The van der Waals surface area contributed by atoms with Crippen LogP contribution in [0.15, 0.2) is 52.9 Å². The van der Waals surface area contributed by atoms with E-state index >= 15 is 0 Å². The van der Waals surface area contributed by atoms with Gasteiger partial charge in [0.1, 0.15) is 5.75 Å². The van der Waals surface area contributed by atoms with Gasteiger partial charge in [-0.25, -0.2) is 0 Å². The van der Waals surface area contributed by atoms with Crippen LogP contribution in [0, 0.1) is 0 Å². The van der Waals surface area contributed by atoms with Crippen LogP contribution < -0.4 is 4.74 Å². The van der Waals surface area contributed by atoms with Crippen LogP contribution in [0.2, 0.25) is 5.02 Å². The first-order chi connectivity index (χ1) is 16.0. The van der Waals surface area contributed by atoms with Crippen molar-refractivity contribution in [3.63, 3.8) is 0 Å². The van der Waals surface area contributed by atoms with Gasteiger partial charge in [0.05, 0.1) is 24.1 Å². The van der Waals surface area contributed by atoms with Gasteiger partial charge in [-0.1, -0.05) is 35.9 Å². The summed E-state index contributed by atoms with van der Waals surface area (Å²) in [4.78, 5) is 14.9. The normalized spacial score (nSPS) is 13.1. The summed E-state index contributed by atoms with van der Waals surface area (Å²) in [7, 11) is 3.51. The number of ether oxygens (including phenoxy) is 1. The Hall–Kier alpha value is -3.65. The first-order valence-electron chi connectivity index (χ1n) is 10.6. The zero-order valence-corrected chi connectivity index (χ0v) is 19.0. The van der Waals surface area contributed by atoms with E-state index in [1.165, 1.54) is 0 Å². The van der Waals surface area contributed by atoms with Crippen molar-refractivity contribution in [3.05, 3.63) is 70.4 Å². The van der Waals surface area contributed by atoms with E-state index in [0.717, 1.165) is 22.6 Å². The maximum atomic E-state index is 13.0. The minimum atomic E-state index is 0.0582. The molecule has 0 saturated heterocycles. The molecular weight excluding hydrogens is 442 g/mol.